The van der Waals surface area contributed by atoms with Gasteiger partial charge in [0, 0.05) is 0 Å². The second kappa shape index (κ2) is 14.8. The van der Waals surface area contributed by atoms with E-state index in [0.717, 1.165) is 5.69 Å². The van der Waals surface area contributed by atoms with Crippen LogP contribution in [0.15, 0.2) is 237 Å². The summed E-state index contributed by atoms with van der Waals surface area (Å²) in [5.41, 5.74) is 13.9. The number of para-hydroxylation sites is 3. The third kappa shape index (κ3) is 5.41. The predicted octanol–water partition coefficient (Wildman–Crippen LogP) is 17.4. The van der Waals surface area contributed by atoms with Crippen LogP contribution in [0.1, 0.15) is 0 Å². The summed E-state index contributed by atoms with van der Waals surface area (Å²) in [6.45, 7) is 0. The van der Waals surface area contributed by atoms with Gasteiger partial charge in [0.1, 0.15) is 0 Å². The Bertz CT molecular complexity index is 4160. The van der Waals surface area contributed by atoms with Gasteiger partial charge in [0.2, 0.25) is 0 Å². The Labute approximate surface area is 387 Å². The van der Waals surface area contributed by atoms with E-state index < -0.39 is 0 Å². The molecule has 0 aliphatic carbocycles. The molecule has 0 saturated heterocycles. The van der Waals surface area contributed by atoms with Gasteiger partial charge in [-0.25, -0.2) is 0 Å². The average molecular weight is 901 g/mol. The van der Waals surface area contributed by atoms with Gasteiger partial charge in [0.15, 0.2) is 0 Å². The summed E-state index contributed by atoms with van der Waals surface area (Å²) in [6.07, 6.45) is 0. The molecule has 0 aliphatic rings. The fourth-order valence-electron chi connectivity index (χ4n) is 11.4. The summed E-state index contributed by atoms with van der Waals surface area (Å²) in [5.74, 6) is 0. The van der Waals surface area contributed by atoms with Crippen LogP contribution in [0.3, 0.4) is 0 Å². The van der Waals surface area contributed by atoms with E-state index in [0.29, 0.717) is 0 Å². The van der Waals surface area contributed by atoms with E-state index >= 15 is 0 Å². The summed E-state index contributed by atoms with van der Waals surface area (Å²) in [5, 5.41) is 15.5. The molecule has 0 bridgehead atoms. The van der Waals surface area contributed by atoms with Gasteiger partial charge in [-0.3, -0.25) is 0 Å². The Hall–Kier alpha value is -8.00. The summed E-state index contributed by atoms with van der Waals surface area (Å²) >= 11 is 0.0869. The first-order chi connectivity index (χ1) is 32.8. The van der Waals surface area contributed by atoms with Crippen LogP contribution in [0.25, 0.3) is 134 Å². The molecule has 0 atom stereocenters. The van der Waals surface area contributed by atoms with Crippen molar-refractivity contribution in [2.24, 2.45) is 0 Å². The molecule has 66 heavy (non-hydrogen) atoms. The normalized spacial score (nSPS) is 11.9. The van der Waals surface area contributed by atoms with Crippen LogP contribution in [0.4, 0.5) is 0 Å². The van der Waals surface area contributed by atoms with E-state index in [-0.39, 0.29) is 14.5 Å². The van der Waals surface area contributed by atoms with Gasteiger partial charge < -0.3 is 0 Å². The molecule has 0 radical (unpaired) electrons. The number of benzene rings is 12. The first kappa shape index (κ1) is 37.4. The molecule has 2 heterocycles. The van der Waals surface area contributed by atoms with Crippen LogP contribution in [-0.4, -0.2) is 19.1 Å². The van der Waals surface area contributed by atoms with Crippen LogP contribution in [0.5, 0.6) is 0 Å². The van der Waals surface area contributed by atoms with Gasteiger partial charge in [0.25, 0.3) is 0 Å². The number of fused-ring (bicyclic) bond motifs is 10. The van der Waals surface area contributed by atoms with E-state index in [1.165, 1.54) is 129 Å². The molecule has 306 valence electrons. The van der Waals surface area contributed by atoms with Crippen molar-refractivity contribution in [2.45, 2.75) is 0 Å². The molecule has 0 spiro atoms. The molecule has 1 nitrogen and oxygen atoms in total. The standard InChI is InChI=1S/C64H39NSe/c1-3-20-40(21-4-1)58-43-25-7-9-27-45(43)61(46-28-10-8-26-44(46)58)54-36-18-37-55-62-52(34-19-39-57(62)66-64(54)55)59-47-29-11-13-31-49(47)60(50-32-14-12-30-48(50)59)53-35-17-33-51-42-24-15-16-38-56(42)65(63(51)53)41-22-5-2-6-23-41/h1-39H. The van der Waals surface area contributed by atoms with Crippen molar-refractivity contribution in [3.8, 4) is 50.2 Å². The molecule has 14 aromatic rings. The summed E-state index contributed by atoms with van der Waals surface area (Å²) in [6, 6.07) is 88.1. The van der Waals surface area contributed by atoms with Gasteiger partial charge >= 0.3 is 360 Å². The van der Waals surface area contributed by atoms with Crippen LogP contribution >= 0.6 is 0 Å². The fourth-order valence-corrected chi connectivity index (χ4v) is 14.0. The van der Waals surface area contributed by atoms with Gasteiger partial charge in [-0.1, -0.05) is 30.3 Å². The second-order valence-corrected chi connectivity index (χ2v) is 19.6. The molecule has 2 aromatic heterocycles. The third-order valence-electron chi connectivity index (χ3n) is 14.0. The number of nitrogens with zero attached hydrogens (tertiary/aromatic N) is 1. The summed E-state index contributed by atoms with van der Waals surface area (Å²) < 4.78 is 5.37. The van der Waals surface area contributed by atoms with E-state index in [4.69, 9.17) is 0 Å². The van der Waals surface area contributed by atoms with Crippen molar-refractivity contribution in [3.63, 3.8) is 0 Å². The number of rotatable bonds is 5. The maximum atomic E-state index is 2.47. The first-order valence-electron chi connectivity index (χ1n) is 22.8. The van der Waals surface area contributed by atoms with Crippen molar-refractivity contribution in [2.75, 3.05) is 0 Å². The maximum absolute atomic E-state index is 2.47. The zero-order chi connectivity index (χ0) is 43.3. The Morgan fingerprint density at radius 3 is 1.27 bits per heavy atom. The molecular formula is C64H39NSe. The number of hydrogen-bond donors (Lipinski definition) is 0. The molecule has 0 aliphatic heterocycles. The summed E-state index contributed by atoms with van der Waals surface area (Å²) in [4.78, 5) is 0. The molecule has 0 unspecified atom stereocenters. The van der Waals surface area contributed by atoms with Gasteiger partial charge in [-0.2, -0.15) is 0 Å². The average Bonchev–Trinajstić information content (AvgIpc) is 3.95. The van der Waals surface area contributed by atoms with E-state index in [2.05, 4.69) is 241 Å². The second-order valence-electron chi connectivity index (χ2n) is 17.4. The van der Waals surface area contributed by atoms with Gasteiger partial charge in [-0.05, 0) is 0 Å². The molecule has 12 aromatic carbocycles. The predicted molar refractivity (Wildman–Crippen MR) is 285 cm³/mol. The van der Waals surface area contributed by atoms with Crippen LogP contribution in [-0.2, 0) is 0 Å². The van der Waals surface area contributed by atoms with E-state index in [1.54, 1.807) is 0 Å². The van der Waals surface area contributed by atoms with Crippen molar-refractivity contribution < 1.29 is 0 Å². The Morgan fingerprint density at radius 2 is 0.682 bits per heavy atom. The Morgan fingerprint density at radius 1 is 0.273 bits per heavy atom. The van der Waals surface area contributed by atoms with Crippen molar-refractivity contribution in [3.05, 3.63) is 237 Å². The molecule has 0 fully saturated rings. The Kier molecular flexibility index (Phi) is 8.37. The minimum absolute atomic E-state index is 0.0869. The summed E-state index contributed by atoms with van der Waals surface area (Å²) in [7, 11) is 0. The van der Waals surface area contributed by atoms with Crippen LogP contribution in [0.2, 0.25) is 0 Å². The number of aromatic nitrogens is 1. The SMILES string of the molecule is c1ccc(-c2c3ccccc3c(-c3cccc4c3[se]c3cccc(-c5c6ccccc6c(-c6cccc7c8ccccc8n(-c8ccccc8)c67)c6ccccc56)c34)c3ccccc23)cc1. The van der Waals surface area contributed by atoms with Crippen molar-refractivity contribution >= 4 is 98.7 Å². The first-order valence-corrected chi connectivity index (χ1v) is 24.5. The van der Waals surface area contributed by atoms with Crippen LogP contribution < -0.4 is 0 Å². The monoisotopic (exact) mass is 901 g/mol. The zero-order valence-corrected chi connectivity index (χ0v) is 37.6. The van der Waals surface area contributed by atoms with Gasteiger partial charge in [0.05, 0.1) is 0 Å². The fraction of sp³-hybridized carbons (Fsp3) is 0. The molecule has 0 N–H and O–H groups in total. The topological polar surface area (TPSA) is 4.93 Å². The third-order valence-corrected chi connectivity index (χ3v) is 16.5. The van der Waals surface area contributed by atoms with Gasteiger partial charge in [-0.15, -0.1) is 0 Å². The molecule has 2 heteroatoms. The van der Waals surface area contributed by atoms with Crippen LogP contribution in [0, 0.1) is 0 Å². The van der Waals surface area contributed by atoms with E-state index in [1.807, 2.05) is 0 Å². The number of hydrogen-bond acceptors (Lipinski definition) is 0. The molecule has 0 amide bonds. The molecule has 0 saturated carbocycles. The van der Waals surface area contributed by atoms with Crippen molar-refractivity contribution in [1.29, 1.82) is 0 Å². The van der Waals surface area contributed by atoms with E-state index in [9.17, 15) is 0 Å². The zero-order valence-electron chi connectivity index (χ0n) is 35.9. The van der Waals surface area contributed by atoms with Crippen molar-refractivity contribution in [1.82, 2.24) is 4.57 Å². The quantitative estimate of drug-likeness (QED) is 0.120. The minimum atomic E-state index is 0.0869. The Balaban J connectivity index is 1.06. The molecular weight excluding hydrogens is 862 g/mol. The molecule has 14 rings (SSSR count).